The third-order valence-corrected chi connectivity index (χ3v) is 3.52. The first-order valence-corrected chi connectivity index (χ1v) is 6.45. The summed E-state index contributed by atoms with van der Waals surface area (Å²) < 4.78 is 0. The lowest BCUT2D eigenvalue weighted by Crippen LogP contribution is -2.26. The van der Waals surface area contributed by atoms with E-state index in [2.05, 4.69) is 24.2 Å². The third kappa shape index (κ3) is 1.94. The van der Waals surface area contributed by atoms with Gasteiger partial charge in [-0.15, -0.1) is 0 Å². The third-order valence-electron chi connectivity index (χ3n) is 3.52. The molecule has 0 saturated heterocycles. The SMILES string of the molecule is CCC1=NN(c2c(C)cc(C)cc2C)C(=O)C1C. The highest BCUT2D eigenvalue weighted by Crippen LogP contribution is 2.31. The zero-order valence-corrected chi connectivity index (χ0v) is 11.7. The molecular weight excluding hydrogens is 224 g/mol. The first kappa shape index (κ1) is 12.8. The molecule has 0 radical (unpaired) electrons. The van der Waals surface area contributed by atoms with Crippen LogP contribution in [0.25, 0.3) is 0 Å². The Hall–Kier alpha value is -1.64. The summed E-state index contributed by atoms with van der Waals surface area (Å²) >= 11 is 0. The van der Waals surface area contributed by atoms with Crippen molar-refractivity contribution in [2.45, 2.75) is 41.0 Å². The van der Waals surface area contributed by atoms with Crippen molar-refractivity contribution in [1.29, 1.82) is 0 Å². The molecule has 0 aliphatic carbocycles. The Labute approximate surface area is 108 Å². The number of rotatable bonds is 2. The van der Waals surface area contributed by atoms with Gasteiger partial charge in [-0.2, -0.15) is 10.1 Å². The van der Waals surface area contributed by atoms with Gasteiger partial charge >= 0.3 is 0 Å². The van der Waals surface area contributed by atoms with Crippen LogP contribution >= 0.6 is 0 Å². The summed E-state index contributed by atoms with van der Waals surface area (Å²) in [4.78, 5) is 12.3. The second-order valence-electron chi connectivity index (χ2n) is 5.06. The molecule has 18 heavy (non-hydrogen) atoms. The second kappa shape index (κ2) is 4.56. The largest absolute Gasteiger partial charge is 0.272 e. The minimum atomic E-state index is -0.0879. The van der Waals surface area contributed by atoms with E-state index in [-0.39, 0.29) is 11.8 Å². The zero-order chi connectivity index (χ0) is 13.4. The van der Waals surface area contributed by atoms with Crippen molar-refractivity contribution in [2.75, 3.05) is 5.01 Å². The molecule has 3 heteroatoms. The van der Waals surface area contributed by atoms with E-state index >= 15 is 0 Å². The molecule has 0 bridgehead atoms. The van der Waals surface area contributed by atoms with Gasteiger partial charge in [-0.3, -0.25) is 4.79 Å². The number of carbonyl (C=O) groups excluding carboxylic acids is 1. The second-order valence-corrected chi connectivity index (χ2v) is 5.06. The fourth-order valence-corrected chi connectivity index (χ4v) is 2.63. The number of nitrogens with zero attached hydrogens (tertiary/aromatic N) is 2. The van der Waals surface area contributed by atoms with E-state index in [1.165, 1.54) is 5.56 Å². The van der Waals surface area contributed by atoms with Crippen molar-refractivity contribution in [3.05, 3.63) is 28.8 Å². The zero-order valence-electron chi connectivity index (χ0n) is 11.7. The van der Waals surface area contributed by atoms with Gasteiger partial charge in [0.1, 0.15) is 0 Å². The monoisotopic (exact) mass is 244 g/mol. The van der Waals surface area contributed by atoms with E-state index in [1.807, 2.05) is 27.7 Å². The standard InChI is InChI=1S/C15H20N2O/c1-6-13-12(5)15(18)17(16-13)14-10(3)7-9(2)8-11(14)4/h7-8,12H,6H2,1-5H3. The quantitative estimate of drug-likeness (QED) is 0.785. The normalized spacial score (nSPS) is 19.4. The van der Waals surface area contributed by atoms with Crippen LogP contribution in [0.3, 0.4) is 0 Å². The van der Waals surface area contributed by atoms with Gasteiger partial charge in [0.2, 0.25) is 0 Å². The molecule has 1 aromatic carbocycles. The Bertz CT molecular complexity index is 508. The summed E-state index contributed by atoms with van der Waals surface area (Å²) in [5.41, 5.74) is 5.34. The number of amides is 1. The van der Waals surface area contributed by atoms with Gasteiger partial charge < -0.3 is 0 Å². The molecule has 0 spiro atoms. The Morgan fingerprint density at radius 2 is 1.78 bits per heavy atom. The molecular formula is C15H20N2O. The minimum Gasteiger partial charge on any atom is -0.272 e. The molecule has 1 aliphatic heterocycles. The summed E-state index contributed by atoms with van der Waals surface area (Å²) in [6.45, 7) is 10.1. The van der Waals surface area contributed by atoms with Crippen LogP contribution in [-0.4, -0.2) is 11.6 Å². The predicted octanol–water partition coefficient (Wildman–Crippen LogP) is 3.36. The van der Waals surface area contributed by atoms with E-state index in [4.69, 9.17) is 0 Å². The number of hydrogen-bond donors (Lipinski definition) is 0. The molecule has 0 saturated carbocycles. The maximum Gasteiger partial charge on any atom is 0.255 e. The van der Waals surface area contributed by atoms with Crippen LogP contribution in [0.4, 0.5) is 5.69 Å². The highest BCUT2D eigenvalue weighted by Gasteiger charge is 2.33. The van der Waals surface area contributed by atoms with E-state index in [9.17, 15) is 4.79 Å². The number of aryl methyl sites for hydroxylation is 3. The summed E-state index contributed by atoms with van der Waals surface area (Å²) in [5, 5.41) is 6.08. The fourth-order valence-electron chi connectivity index (χ4n) is 2.63. The van der Waals surface area contributed by atoms with Gasteiger partial charge in [0.25, 0.3) is 5.91 Å². The van der Waals surface area contributed by atoms with Gasteiger partial charge in [0.15, 0.2) is 0 Å². The van der Waals surface area contributed by atoms with Gasteiger partial charge in [-0.25, -0.2) is 0 Å². The average Bonchev–Trinajstić information content (AvgIpc) is 2.56. The molecule has 96 valence electrons. The average molecular weight is 244 g/mol. The van der Waals surface area contributed by atoms with Gasteiger partial charge in [0, 0.05) is 0 Å². The van der Waals surface area contributed by atoms with E-state index in [1.54, 1.807) is 5.01 Å². The Kier molecular flexibility index (Phi) is 3.24. The lowest BCUT2D eigenvalue weighted by Gasteiger charge is -2.18. The molecule has 1 amide bonds. The summed E-state index contributed by atoms with van der Waals surface area (Å²) in [6.07, 6.45) is 0.827. The molecule has 1 aliphatic rings. The summed E-state index contributed by atoms with van der Waals surface area (Å²) in [5.74, 6) is -0.00277. The predicted molar refractivity (Wildman–Crippen MR) is 75.0 cm³/mol. The van der Waals surface area contributed by atoms with Crippen molar-refractivity contribution in [3.8, 4) is 0 Å². The van der Waals surface area contributed by atoms with Crippen molar-refractivity contribution < 1.29 is 4.79 Å². The van der Waals surface area contributed by atoms with Gasteiger partial charge in [0.05, 0.1) is 17.3 Å². The van der Waals surface area contributed by atoms with Gasteiger partial charge in [-0.1, -0.05) is 24.6 Å². The van der Waals surface area contributed by atoms with Crippen LogP contribution in [0.5, 0.6) is 0 Å². The van der Waals surface area contributed by atoms with Crippen molar-refractivity contribution >= 4 is 17.3 Å². The first-order chi connectivity index (χ1) is 8.45. The van der Waals surface area contributed by atoms with E-state index in [0.29, 0.717) is 0 Å². The number of benzene rings is 1. The van der Waals surface area contributed by atoms with Gasteiger partial charge in [-0.05, 0) is 45.2 Å². The highest BCUT2D eigenvalue weighted by atomic mass is 16.2. The van der Waals surface area contributed by atoms with Crippen LogP contribution in [0.2, 0.25) is 0 Å². The van der Waals surface area contributed by atoms with Crippen LogP contribution in [0, 0.1) is 26.7 Å². The topological polar surface area (TPSA) is 32.7 Å². The van der Waals surface area contributed by atoms with E-state index in [0.717, 1.165) is 28.9 Å². The molecule has 1 heterocycles. The molecule has 0 fully saturated rings. The Morgan fingerprint density at radius 1 is 1.22 bits per heavy atom. The van der Waals surface area contributed by atoms with Crippen molar-refractivity contribution in [2.24, 2.45) is 11.0 Å². The molecule has 1 aromatic rings. The maximum absolute atomic E-state index is 12.3. The molecule has 2 rings (SSSR count). The lowest BCUT2D eigenvalue weighted by molar-refractivity contribution is -0.119. The molecule has 0 aromatic heterocycles. The summed E-state index contributed by atoms with van der Waals surface area (Å²) in [6, 6.07) is 4.19. The van der Waals surface area contributed by atoms with E-state index < -0.39 is 0 Å². The molecule has 3 nitrogen and oxygen atoms in total. The fraction of sp³-hybridized carbons (Fsp3) is 0.467. The number of anilines is 1. The Balaban J connectivity index is 2.51. The lowest BCUT2D eigenvalue weighted by atomic mass is 10.0. The van der Waals surface area contributed by atoms with Crippen molar-refractivity contribution in [3.63, 3.8) is 0 Å². The highest BCUT2D eigenvalue weighted by molar-refractivity contribution is 6.15. The maximum atomic E-state index is 12.3. The molecule has 1 unspecified atom stereocenters. The van der Waals surface area contributed by atoms with Crippen LogP contribution in [-0.2, 0) is 4.79 Å². The Morgan fingerprint density at radius 3 is 2.22 bits per heavy atom. The molecule has 0 N–H and O–H groups in total. The summed E-state index contributed by atoms with van der Waals surface area (Å²) in [7, 11) is 0. The minimum absolute atomic E-state index is 0.0851. The van der Waals surface area contributed by atoms with Crippen molar-refractivity contribution in [1.82, 2.24) is 0 Å². The van der Waals surface area contributed by atoms with Crippen LogP contribution < -0.4 is 5.01 Å². The number of hydrazone groups is 1. The van der Waals surface area contributed by atoms with Crippen LogP contribution in [0.15, 0.2) is 17.2 Å². The first-order valence-electron chi connectivity index (χ1n) is 6.45. The number of hydrogen-bond acceptors (Lipinski definition) is 2. The molecule has 1 atom stereocenters. The van der Waals surface area contributed by atoms with Crippen LogP contribution in [0.1, 0.15) is 37.0 Å². The number of carbonyl (C=O) groups is 1. The smallest absolute Gasteiger partial charge is 0.255 e.